The van der Waals surface area contributed by atoms with Crippen LogP contribution in [0.2, 0.25) is 0 Å². The summed E-state index contributed by atoms with van der Waals surface area (Å²) in [6, 6.07) is 3.81. The molecule has 114 valence electrons. The Bertz CT molecular complexity index is 543. The number of alkyl halides is 3. The van der Waals surface area contributed by atoms with Gasteiger partial charge in [-0.15, -0.1) is 0 Å². The Kier molecular flexibility index (Phi) is 5.55. The Hall–Kier alpha value is -1.12. The number of hydrogen-bond acceptors (Lipinski definition) is 3. The standard InChI is InChI=1S/C12H16F3NO3S/c1-9(16-20(17,18)7-6-19-2)10-4-3-5-11(8-10)12(13,14)15/h3-5,8-9,16H,6-7H2,1-2H3/t9-/m0/s1. The predicted molar refractivity (Wildman–Crippen MR) is 68.7 cm³/mol. The molecule has 0 heterocycles. The highest BCUT2D eigenvalue weighted by Crippen LogP contribution is 2.30. The van der Waals surface area contributed by atoms with E-state index in [9.17, 15) is 21.6 Å². The van der Waals surface area contributed by atoms with E-state index in [2.05, 4.69) is 9.46 Å². The number of nitrogens with one attached hydrogen (secondary N) is 1. The lowest BCUT2D eigenvalue weighted by Gasteiger charge is -2.16. The lowest BCUT2D eigenvalue weighted by molar-refractivity contribution is -0.137. The van der Waals surface area contributed by atoms with Crippen molar-refractivity contribution in [2.45, 2.75) is 19.1 Å². The third-order valence-electron chi connectivity index (χ3n) is 2.63. The molecule has 0 spiro atoms. The van der Waals surface area contributed by atoms with E-state index in [0.717, 1.165) is 12.1 Å². The van der Waals surface area contributed by atoms with Crippen molar-refractivity contribution in [3.8, 4) is 0 Å². The van der Waals surface area contributed by atoms with Gasteiger partial charge in [0.05, 0.1) is 17.9 Å². The summed E-state index contributed by atoms with van der Waals surface area (Å²) in [6.45, 7) is 1.50. The number of ether oxygens (including phenoxy) is 1. The number of rotatable bonds is 6. The number of benzene rings is 1. The highest BCUT2D eigenvalue weighted by atomic mass is 32.2. The van der Waals surface area contributed by atoms with Crippen molar-refractivity contribution in [2.75, 3.05) is 19.5 Å². The first-order chi connectivity index (χ1) is 9.15. The van der Waals surface area contributed by atoms with Crippen LogP contribution in [0.1, 0.15) is 24.1 Å². The van der Waals surface area contributed by atoms with Crippen LogP contribution in [-0.2, 0) is 20.9 Å². The largest absolute Gasteiger partial charge is 0.416 e. The molecule has 0 fully saturated rings. The van der Waals surface area contributed by atoms with Gasteiger partial charge in [-0.05, 0) is 24.6 Å². The van der Waals surface area contributed by atoms with E-state index < -0.39 is 27.8 Å². The van der Waals surface area contributed by atoms with Crippen molar-refractivity contribution in [1.82, 2.24) is 4.72 Å². The third-order valence-corrected chi connectivity index (χ3v) is 4.04. The summed E-state index contributed by atoms with van der Waals surface area (Å²) in [7, 11) is -2.23. The smallest absolute Gasteiger partial charge is 0.384 e. The molecule has 0 saturated carbocycles. The van der Waals surface area contributed by atoms with E-state index in [1.165, 1.54) is 26.2 Å². The average Bonchev–Trinajstić information content (AvgIpc) is 2.35. The van der Waals surface area contributed by atoms with Crippen molar-refractivity contribution in [2.24, 2.45) is 0 Å². The van der Waals surface area contributed by atoms with Crippen LogP contribution >= 0.6 is 0 Å². The fraction of sp³-hybridized carbons (Fsp3) is 0.500. The molecule has 1 aromatic rings. The molecule has 4 nitrogen and oxygen atoms in total. The monoisotopic (exact) mass is 311 g/mol. The molecule has 20 heavy (non-hydrogen) atoms. The number of methoxy groups -OCH3 is 1. The lowest BCUT2D eigenvalue weighted by atomic mass is 10.1. The summed E-state index contributed by atoms with van der Waals surface area (Å²) >= 11 is 0. The molecule has 1 aromatic carbocycles. The van der Waals surface area contributed by atoms with Crippen LogP contribution in [0, 0.1) is 0 Å². The van der Waals surface area contributed by atoms with Gasteiger partial charge in [-0.2, -0.15) is 13.2 Å². The van der Waals surface area contributed by atoms with Crippen LogP contribution in [0.3, 0.4) is 0 Å². The zero-order valence-corrected chi connectivity index (χ0v) is 11.9. The summed E-state index contributed by atoms with van der Waals surface area (Å²) in [6.07, 6.45) is -4.45. The van der Waals surface area contributed by atoms with Crippen molar-refractivity contribution in [3.63, 3.8) is 0 Å². The maximum Gasteiger partial charge on any atom is 0.416 e. The van der Waals surface area contributed by atoms with Crippen LogP contribution in [0.15, 0.2) is 24.3 Å². The second-order valence-electron chi connectivity index (χ2n) is 4.27. The van der Waals surface area contributed by atoms with Gasteiger partial charge in [-0.25, -0.2) is 13.1 Å². The third kappa shape index (κ3) is 5.10. The van der Waals surface area contributed by atoms with E-state index in [1.807, 2.05) is 0 Å². The number of hydrogen-bond donors (Lipinski definition) is 1. The maximum absolute atomic E-state index is 12.6. The van der Waals surface area contributed by atoms with Gasteiger partial charge in [-0.3, -0.25) is 0 Å². The predicted octanol–water partition coefficient (Wildman–Crippen LogP) is 2.33. The van der Waals surface area contributed by atoms with Crippen molar-refractivity contribution in [1.29, 1.82) is 0 Å². The molecular weight excluding hydrogens is 295 g/mol. The molecule has 1 N–H and O–H groups in total. The van der Waals surface area contributed by atoms with Crippen LogP contribution in [0.25, 0.3) is 0 Å². The van der Waals surface area contributed by atoms with E-state index in [1.54, 1.807) is 0 Å². The average molecular weight is 311 g/mol. The second-order valence-corrected chi connectivity index (χ2v) is 6.15. The Morgan fingerprint density at radius 2 is 2.00 bits per heavy atom. The van der Waals surface area contributed by atoms with Crippen LogP contribution < -0.4 is 4.72 Å². The Morgan fingerprint density at radius 3 is 2.55 bits per heavy atom. The molecule has 0 amide bonds. The fourth-order valence-corrected chi connectivity index (χ4v) is 2.75. The van der Waals surface area contributed by atoms with Gasteiger partial charge in [0, 0.05) is 13.2 Å². The van der Waals surface area contributed by atoms with E-state index in [4.69, 9.17) is 0 Å². The van der Waals surface area contributed by atoms with Gasteiger partial charge in [-0.1, -0.05) is 12.1 Å². The topological polar surface area (TPSA) is 55.4 Å². The van der Waals surface area contributed by atoms with Crippen LogP contribution in [-0.4, -0.2) is 27.9 Å². The minimum absolute atomic E-state index is 0.0185. The van der Waals surface area contributed by atoms with E-state index in [-0.39, 0.29) is 17.9 Å². The summed E-state index contributed by atoms with van der Waals surface area (Å²) in [5.41, 5.74) is -0.557. The summed E-state index contributed by atoms with van der Waals surface area (Å²) < 4.78 is 68.0. The molecule has 0 bridgehead atoms. The summed E-state index contributed by atoms with van der Waals surface area (Å²) in [5, 5.41) is 0. The number of halogens is 3. The fourth-order valence-electron chi connectivity index (χ4n) is 1.57. The molecular formula is C12H16F3NO3S. The van der Waals surface area contributed by atoms with E-state index in [0.29, 0.717) is 0 Å². The van der Waals surface area contributed by atoms with E-state index >= 15 is 0 Å². The Labute approximate surface area is 116 Å². The molecule has 1 atom stereocenters. The number of sulfonamides is 1. The highest BCUT2D eigenvalue weighted by Gasteiger charge is 2.30. The van der Waals surface area contributed by atoms with Gasteiger partial charge in [0.2, 0.25) is 10.0 Å². The van der Waals surface area contributed by atoms with Crippen LogP contribution in [0.5, 0.6) is 0 Å². The minimum Gasteiger partial charge on any atom is -0.384 e. The minimum atomic E-state index is -4.45. The lowest BCUT2D eigenvalue weighted by Crippen LogP contribution is -2.30. The van der Waals surface area contributed by atoms with Crippen LogP contribution in [0.4, 0.5) is 13.2 Å². The van der Waals surface area contributed by atoms with Crippen molar-refractivity contribution in [3.05, 3.63) is 35.4 Å². The highest BCUT2D eigenvalue weighted by molar-refractivity contribution is 7.89. The Morgan fingerprint density at radius 1 is 1.35 bits per heavy atom. The zero-order valence-electron chi connectivity index (χ0n) is 11.1. The van der Waals surface area contributed by atoms with Gasteiger partial charge in [0.1, 0.15) is 0 Å². The molecule has 0 radical (unpaired) electrons. The molecule has 0 unspecified atom stereocenters. The summed E-state index contributed by atoms with van der Waals surface area (Å²) in [4.78, 5) is 0. The molecule has 0 aliphatic carbocycles. The molecule has 0 aromatic heterocycles. The van der Waals surface area contributed by atoms with Gasteiger partial charge >= 0.3 is 6.18 Å². The molecule has 0 saturated heterocycles. The molecule has 0 aliphatic rings. The zero-order chi connectivity index (χ0) is 15.4. The quantitative estimate of drug-likeness (QED) is 0.877. The first-order valence-corrected chi connectivity index (χ1v) is 7.47. The normalized spacial score (nSPS) is 14.2. The molecule has 0 aliphatic heterocycles. The first kappa shape index (κ1) is 16.9. The molecule has 8 heteroatoms. The van der Waals surface area contributed by atoms with Gasteiger partial charge in [0.25, 0.3) is 0 Å². The van der Waals surface area contributed by atoms with Gasteiger partial charge < -0.3 is 4.74 Å². The maximum atomic E-state index is 12.6. The van der Waals surface area contributed by atoms with Crippen molar-refractivity contribution < 1.29 is 26.3 Å². The second kappa shape index (κ2) is 6.55. The summed E-state index contributed by atoms with van der Waals surface area (Å²) in [5.74, 6) is -0.243. The SMILES string of the molecule is COCCS(=O)(=O)N[C@@H](C)c1cccc(C(F)(F)F)c1. The van der Waals surface area contributed by atoms with Crippen molar-refractivity contribution >= 4 is 10.0 Å². The Balaban J connectivity index is 2.85. The first-order valence-electron chi connectivity index (χ1n) is 5.82. The molecule has 1 rings (SSSR count). The van der Waals surface area contributed by atoms with Gasteiger partial charge in [0.15, 0.2) is 0 Å².